The number of ether oxygens (including phenoxy) is 2. The van der Waals surface area contributed by atoms with Gasteiger partial charge in [0, 0.05) is 17.2 Å². The summed E-state index contributed by atoms with van der Waals surface area (Å²) in [6, 6.07) is 4.69. The molecule has 0 aromatic heterocycles. The van der Waals surface area contributed by atoms with Gasteiger partial charge < -0.3 is 9.47 Å². The van der Waals surface area contributed by atoms with E-state index in [0.717, 1.165) is 32.1 Å². The predicted octanol–water partition coefficient (Wildman–Crippen LogP) is 3.92. The largest absolute Gasteiger partial charge is 0.496 e. The van der Waals surface area contributed by atoms with E-state index in [0.29, 0.717) is 11.5 Å². The van der Waals surface area contributed by atoms with Gasteiger partial charge in [-0.2, -0.15) is 0 Å². The molecule has 0 aliphatic heterocycles. The van der Waals surface area contributed by atoms with E-state index in [2.05, 4.69) is 0 Å². The van der Waals surface area contributed by atoms with Crippen molar-refractivity contribution in [2.24, 2.45) is 5.41 Å². The van der Waals surface area contributed by atoms with E-state index in [9.17, 15) is 10.1 Å². The van der Waals surface area contributed by atoms with E-state index >= 15 is 0 Å². The molecule has 2 atom stereocenters. The van der Waals surface area contributed by atoms with Crippen molar-refractivity contribution in [2.45, 2.75) is 43.6 Å². The van der Waals surface area contributed by atoms with Gasteiger partial charge in [0.2, 0.25) is 0 Å². The third-order valence-electron chi connectivity index (χ3n) is 4.85. The first kappa shape index (κ1) is 14.4. The minimum Gasteiger partial charge on any atom is -0.496 e. The molecule has 2 unspecified atom stereocenters. The Bertz CT molecular complexity index is 557. The Labute approximate surface area is 128 Å². The summed E-state index contributed by atoms with van der Waals surface area (Å²) < 4.78 is 11.0. The summed E-state index contributed by atoms with van der Waals surface area (Å²) in [4.78, 5) is 10.8. The van der Waals surface area contributed by atoms with Crippen LogP contribution in [0.5, 0.6) is 11.5 Å². The van der Waals surface area contributed by atoms with Crippen LogP contribution in [0.1, 0.15) is 32.1 Å². The van der Waals surface area contributed by atoms with E-state index in [1.165, 1.54) is 13.2 Å². The summed E-state index contributed by atoms with van der Waals surface area (Å²) in [6.07, 6.45) is 5.16. The first-order valence-electron chi connectivity index (χ1n) is 7.20. The average Bonchev–Trinajstić information content (AvgIpc) is 2.99. The second-order valence-electron chi connectivity index (χ2n) is 5.84. The number of hydrogen-bond acceptors (Lipinski definition) is 4. The number of nitro benzene ring substituents is 1. The van der Waals surface area contributed by atoms with Crippen LogP contribution < -0.4 is 9.47 Å². The van der Waals surface area contributed by atoms with Crippen LogP contribution in [-0.4, -0.2) is 23.5 Å². The third-order valence-corrected chi connectivity index (χ3v) is 5.47. The molecule has 1 aromatic carbocycles. The molecule has 0 heterocycles. The summed E-state index contributed by atoms with van der Waals surface area (Å²) in [6.45, 7) is 0. The Morgan fingerprint density at radius 1 is 1.38 bits per heavy atom. The van der Waals surface area contributed by atoms with Crippen LogP contribution >= 0.6 is 11.6 Å². The molecule has 2 aliphatic rings. The van der Waals surface area contributed by atoms with Gasteiger partial charge in [0.25, 0.3) is 0 Å². The fourth-order valence-corrected chi connectivity index (χ4v) is 4.07. The van der Waals surface area contributed by atoms with Crippen molar-refractivity contribution in [3.8, 4) is 11.5 Å². The average molecular weight is 312 g/mol. The van der Waals surface area contributed by atoms with Crippen LogP contribution in [-0.2, 0) is 0 Å². The molecule has 1 spiro atoms. The minimum absolute atomic E-state index is 0.00928. The predicted molar refractivity (Wildman–Crippen MR) is 79.2 cm³/mol. The van der Waals surface area contributed by atoms with Crippen LogP contribution in [0.2, 0.25) is 0 Å². The van der Waals surface area contributed by atoms with E-state index < -0.39 is 4.92 Å². The number of benzene rings is 1. The number of hydrogen-bond donors (Lipinski definition) is 0. The zero-order chi connectivity index (χ0) is 15.0. The maximum absolute atomic E-state index is 11.2. The summed E-state index contributed by atoms with van der Waals surface area (Å²) in [5.41, 5.74) is -0.0458. The SMILES string of the molecule is COc1ccc(OC2CC(Cl)C23CCCC3)c([N+](=O)[O-])c1. The van der Waals surface area contributed by atoms with Crippen molar-refractivity contribution >= 4 is 17.3 Å². The van der Waals surface area contributed by atoms with E-state index in [1.54, 1.807) is 12.1 Å². The molecule has 0 bridgehead atoms. The van der Waals surface area contributed by atoms with Crippen LogP contribution in [0.3, 0.4) is 0 Å². The van der Waals surface area contributed by atoms with Crippen molar-refractivity contribution in [2.75, 3.05) is 7.11 Å². The lowest BCUT2D eigenvalue weighted by molar-refractivity contribution is -0.386. The molecule has 0 N–H and O–H groups in total. The van der Waals surface area contributed by atoms with Gasteiger partial charge >= 0.3 is 5.69 Å². The minimum atomic E-state index is -0.435. The number of alkyl halides is 1. The highest BCUT2D eigenvalue weighted by Crippen LogP contribution is 2.57. The smallest absolute Gasteiger partial charge is 0.314 e. The number of nitrogens with zero attached hydrogens (tertiary/aromatic N) is 1. The number of halogens is 1. The molecule has 0 radical (unpaired) electrons. The second-order valence-corrected chi connectivity index (χ2v) is 6.37. The third kappa shape index (κ3) is 2.33. The lowest BCUT2D eigenvalue weighted by Gasteiger charge is -2.50. The topological polar surface area (TPSA) is 61.6 Å². The van der Waals surface area contributed by atoms with Gasteiger partial charge in [-0.05, 0) is 25.0 Å². The van der Waals surface area contributed by atoms with E-state index in [1.807, 2.05) is 0 Å². The van der Waals surface area contributed by atoms with Crippen molar-refractivity contribution in [3.63, 3.8) is 0 Å². The highest BCUT2D eigenvalue weighted by atomic mass is 35.5. The first-order valence-corrected chi connectivity index (χ1v) is 7.63. The molecule has 3 rings (SSSR count). The Kier molecular flexibility index (Phi) is 3.69. The molecule has 2 saturated carbocycles. The Morgan fingerprint density at radius 2 is 2.10 bits per heavy atom. The molecule has 2 aliphatic carbocycles. The van der Waals surface area contributed by atoms with Crippen LogP contribution in [0, 0.1) is 15.5 Å². The molecular weight excluding hydrogens is 294 g/mol. The number of methoxy groups -OCH3 is 1. The van der Waals surface area contributed by atoms with Crippen LogP contribution in [0.4, 0.5) is 5.69 Å². The van der Waals surface area contributed by atoms with Crippen molar-refractivity contribution in [3.05, 3.63) is 28.3 Å². The molecule has 0 saturated heterocycles. The highest BCUT2D eigenvalue weighted by molar-refractivity contribution is 6.21. The number of rotatable bonds is 4. The molecule has 114 valence electrons. The number of nitro groups is 1. The highest BCUT2D eigenvalue weighted by Gasteiger charge is 2.57. The monoisotopic (exact) mass is 311 g/mol. The summed E-state index contributed by atoms with van der Waals surface area (Å²) >= 11 is 6.39. The van der Waals surface area contributed by atoms with Gasteiger partial charge in [-0.1, -0.05) is 12.8 Å². The summed E-state index contributed by atoms with van der Waals surface area (Å²) in [5.74, 6) is 0.758. The van der Waals surface area contributed by atoms with Crippen molar-refractivity contribution in [1.29, 1.82) is 0 Å². The Morgan fingerprint density at radius 3 is 2.67 bits per heavy atom. The van der Waals surface area contributed by atoms with Gasteiger partial charge in [-0.3, -0.25) is 10.1 Å². The maximum atomic E-state index is 11.2. The zero-order valence-corrected chi connectivity index (χ0v) is 12.6. The first-order chi connectivity index (χ1) is 10.1. The van der Waals surface area contributed by atoms with Gasteiger partial charge in [0.15, 0.2) is 5.75 Å². The maximum Gasteiger partial charge on any atom is 0.314 e. The van der Waals surface area contributed by atoms with Gasteiger partial charge in [-0.15, -0.1) is 11.6 Å². The van der Waals surface area contributed by atoms with E-state index in [-0.39, 0.29) is 22.6 Å². The molecule has 0 amide bonds. The summed E-state index contributed by atoms with van der Waals surface area (Å²) in [5, 5.41) is 11.3. The molecule has 5 nitrogen and oxygen atoms in total. The normalized spacial score (nSPS) is 26.4. The van der Waals surface area contributed by atoms with Crippen LogP contribution in [0.15, 0.2) is 18.2 Å². The van der Waals surface area contributed by atoms with Crippen molar-refractivity contribution in [1.82, 2.24) is 0 Å². The fourth-order valence-electron chi connectivity index (χ4n) is 3.55. The van der Waals surface area contributed by atoms with Gasteiger partial charge in [0.1, 0.15) is 11.9 Å². The van der Waals surface area contributed by atoms with E-state index in [4.69, 9.17) is 21.1 Å². The fraction of sp³-hybridized carbons (Fsp3) is 0.600. The molecule has 1 aromatic rings. The molecule has 6 heteroatoms. The lowest BCUT2D eigenvalue weighted by atomic mass is 9.64. The van der Waals surface area contributed by atoms with Gasteiger partial charge in [0.05, 0.1) is 18.1 Å². The zero-order valence-electron chi connectivity index (χ0n) is 11.9. The van der Waals surface area contributed by atoms with Crippen LogP contribution in [0.25, 0.3) is 0 Å². The molecule has 2 fully saturated rings. The second kappa shape index (κ2) is 5.37. The lowest BCUT2D eigenvalue weighted by Crippen LogP contribution is -2.55. The molecular formula is C15H18ClNO4. The standard InChI is InChI=1S/C15H18ClNO4/c1-20-10-4-5-12(11(8-10)17(18)19)21-14-9-13(16)15(14)6-2-3-7-15/h4-5,8,13-14H,2-3,6-7,9H2,1H3. The quantitative estimate of drug-likeness (QED) is 0.480. The van der Waals surface area contributed by atoms with Crippen molar-refractivity contribution < 1.29 is 14.4 Å². The summed E-state index contributed by atoms with van der Waals surface area (Å²) in [7, 11) is 1.48. The Hall–Kier alpha value is -1.49. The molecule has 21 heavy (non-hydrogen) atoms. The Balaban J connectivity index is 1.83. The van der Waals surface area contributed by atoms with Gasteiger partial charge in [-0.25, -0.2) is 0 Å².